The van der Waals surface area contributed by atoms with E-state index in [0.717, 1.165) is 12.0 Å². The molecule has 1 heterocycles. The third-order valence-electron chi connectivity index (χ3n) is 3.83. The van der Waals surface area contributed by atoms with Crippen molar-refractivity contribution in [2.45, 2.75) is 32.4 Å². The van der Waals surface area contributed by atoms with Crippen LogP contribution in [0.15, 0.2) is 30.3 Å². The number of amides is 2. The molecule has 1 saturated heterocycles. The molecule has 1 fully saturated rings. The Morgan fingerprint density at radius 1 is 1.26 bits per heavy atom. The molecule has 124 valence electrons. The van der Waals surface area contributed by atoms with Gasteiger partial charge in [0.1, 0.15) is 18.9 Å². The van der Waals surface area contributed by atoms with E-state index in [1.54, 1.807) is 4.90 Å². The molecular formula is C17H22N2O4. The molecule has 0 radical (unpaired) electrons. The highest BCUT2D eigenvalue weighted by atomic mass is 16.6. The topological polar surface area (TPSA) is 66.9 Å². The van der Waals surface area contributed by atoms with E-state index >= 15 is 0 Å². The van der Waals surface area contributed by atoms with Crippen LogP contribution < -0.4 is 0 Å². The molecule has 6 heteroatoms. The van der Waals surface area contributed by atoms with Crippen molar-refractivity contribution in [3.05, 3.63) is 35.9 Å². The molecule has 23 heavy (non-hydrogen) atoms. The van der Waals surface area contributed by atoms with Crippen LogP contribution in [0, 0.1) is 0 Å². The van der Waals surface area contributed by atoms with Crippen LogP contribution in [0.1, 0.15) is 25.3 Å². The predicted molar refractivity (Wildman–Crippen MR) is 84.7 cm³/mol. The first-order valence-electron chi connectivity index (χ1n) is 7.86. The summed E-state index contributed by atoms with van der Waals surface area (Å²) < 4.78 is 5.27. The summed E-state index contributed by atoms with van der Waals surface area (Å²) in [5, 5.41) is 0. The van der Waals surface area contributed by atoms with Crippen LogP contribution in [0.4, 0.5) is 4.79 Å². The second-order valence-electron chi connectivity index (χ2n) is 5.53. The van der Waals surface area contributed by atoms with Gasteiger partial charge in [-0.05, 0) is 12.0 Å². The zero-order valence-electron chi connectivity index (χ0n) is 13.3. The minimum Gasteiger partial charge on any atom is -0.445 e. The summed E-state index contributed by atoms with van der Waals surface area (Å²) in [7, 11) is 0. The highest BCUT2D eigenvalue weighted by Crippen LogP contribution is 2.13. The van der Waals surface area contributed by atoms with E-state index in [4.69, 9.17) is 4.74 Å². The molecule has 1 aliphatic heterocycles. The number of piperazine rings is 1. The molecule has 2 amide bonds. The highest BCUT2D eigenvalue weighted by molar-refractivity contribution is 5.79. The molecule has 6 nitrogen and oxygen atoms in total. The van der Waals surface area contributed by atoms with Crippen LogP contribution in [0.5, 0.6) is 0 Å². The van der Waals surface area contributed by atoms with Crippen molar-refractivity contribution >= 4 is 18.3 Å². The minimum atomic E-state index is -0.646. The number of nitrogens with zero attached hydrogens (tertiary/aromatic N) is 2. The third-order valence-corrected chi connectivity index (χ3v) is 3.83. The fraction of sp³-hybridized carbons (Fsp3) is 0.471. The summed E-state index contributed by atoms with van der Waals surface area (Å²) in [6.45, 7) is 3.09. The number of ether oxygens (including phenoxy) is 1. The average molecular weight is 318 g/mol. The normalized spacial score (nSPS) is 17.7. The molecule has 1 aromatic rings. The molecule has 1 unspecified atom stereocenters. The van der Waals surface area contributed by atoms with E-state index in [9.17, 15) is 14.4 Å². The molecule has 0 N–H and O–H groups in total. The van der Waals surface area contributed by atoms with Crippen LogP contribution in [0.25, 0.3) is 0 Å². The van der Waals surface area contributed by atoms with Gasteiger partial charge in [0.05, 0.1) is 0 Å². The quantitative estimate of drug-likeness (QED) is 0.777. The monoisotopic (exact) mass is 318 g/mol. The Labute approximate surface area is 136 Å². The number of rotatable bonds is 5. The first-order chi connectivity index (χ1) is 11.2. The Bertz CT molecular complexity index is 547. The largest absolute Gasteiger partial charge is 0.445 e. The molecule has 0 saturated carbocycles. The summed E-state index contributed by atoms with van der Waals surface area (Å²) in [5.41, 5.74) is 0.889. The maximum Gasteiger partial charge on any atom is 0.410 e. The van der Waals surface area contributed by atoms with Crippen LogP contribution in [0.2, 0.25) is 0 Å². The summed E-state index contributed by atoms with van der Waals surface area (Å²) >= 11 is 0. The standard InChI is InChI=1S/C17H22N2O4/c1-2-6-16(21)18-9-10-19(15(11-18)12-20)17(22)23-13-14-7-4-3-5-8-14/h3-5,7-8,12,15H,2,6,9-11,13H2,1H3. The van der Waals surface area contributed by atoms with Crippen molar-refractivity contribution in [1.82, 2.24) is 9.80 Å². The molecule has 0 bridgehead atoms. The van der Waals surface area contributed by atoms with E-state index in [2.05, 4.69) is 0 Å². The molecule has 2 rings (SSSR count). The maximum absolute atomic E-state index is 12.2. The van der Waals surface area contributed by atoms with Gasteiger partial charge in [-0.1, -0.05) is 37.3 Å². The van der Waals surface area contributed by atoms with Crippen molar-refractivity contribution in [1.29, 1.82) is 0 Å². The van der Waals surface area contributed by atoms with Gasteiger partial charge in [-0.3, -0.25) is 9.69 Å². The van der Waals surface area contributed by atoms with Gasteiger partial charge >= 0.3 is 6.09 Å². The van der Waals surface area contributed by atoms with Gasteiger partial charge in [-0.25, -0.2) is 4.79 Å². The Morgan fingerprint density at radius 2 is 2.00 bits per heavy atom. The van der Waals surface area contributed by atoms with Crippen LogP contribution in [0.3, 0.4) is 0 Å². The number of carbonyl (C=O) groups is 3. The number of hydrogen-bond acceptors (Lipinski definition) is 4. The van der Waals surface area contributed by atoms with Gasteiger partial charge in [0, 0.05) is 26.1 Å². The van der Waals surface area contributed by atoms with Crippen molar-refractivity contribution in [3.63, 3.8) is 0 Å². The summed E-state index contributed by atoms with van der Waals surface area (Å²) in [6.07, 6.45) is 1.41. The first-order valence-corrected chi connectivity index (χ1v) is 7.86. The fourth-order valence-electron chi connectivity index (χ4n) is 2.55. The smallest absolute Gasteiger partial charge is 0.410 e. The average Bonchev–Trinajstić information content (AvgIpc) is 2.60. The van der Waals surface area contributed by atoms with Crippen LogP contribution >= 0.6 is 0 Å². The maximum atomic E-state index is 12.2. The second-order valence-corrected chi connectivity index (χ2v) is 5.53. The minimum absolute atomic E-state index is 0.0247. The molecule has 0 aromatic heterocycles. The molecular weight excluding hydrogens is 296 g/mol. The molecule has 0 aliphatic carbocycles. The van der Waals surface area contributed by atoms with Crippen molar-refractivity contribution in [2.24, 2.45) is 0 Å². The van der Waals surface area contributed by atoms with E-state index in [0.29, 0.717) is 25.8 Å². The lowest BCUT2D eigenvalue weighted by atomic mass is 10.1. The Balaban J connectivity index is 1.90. The lowest BCUT2D eigenvalue weighted by Crippen LogP contribution is -2.57. The van der Waals surface area contributed by atoms with E-state index in [-0.39, 0.29) is 19.1 Å². The predicted octanol–water partition coefficient (Wildman–Crippen LogP) is 1.84. The van der Waals surface area contributed by atoms with E-state index in [1.165, 1.54) is 4.90 Å². The lowest BCUT2D eigenvalue weighted by molar-refractivity contribution is -0.134. The Kier molecular flexibility index (Phi) is 6.14. The van der Waals surface area contributed by atoms with Crippen molar-refractivity contribution in [2.75, 3.05) is 19.6 Å². The van der Waals surface area contributed by atoms with Crippen molar-refractivity contribution < 1.29 is 19.1 Å². The summed E-state index contributed by atoms with van der Waals surface area (Å²) in [5.74, 6) is 0.0247. The zero-order chi connectivity index (χ0) is 16.7. The number of hydrogen-bond donors (Lipinski definition) is 0. The van der Waals surface area contributed by atoms with Crippen LogP contribution in [-0.4, -0.2) is 53.8 Å². The zero-order valence-corrected chi connectivity index (χ0v) is 13.3. The molecule has 1 aromatic carbocycles. The SMILES string of the molecule is CCCC(=O)N1CCN(C(=O)OCc2ccccc2)C(C=O)C1. The van der Waals surface area contributed by atoms with E-state index < -0.39 is 12.1 Å². The third kappa shape index (κ3) is 4.55. The second kappa shape index (κ2) is 8.31. The highest BCUT2D eigenvalue weighted by Gasteiger charge is 2.32. The van der Waals surface area contributed by atoms with Gasteiger partial charge in [-0.2, -0.15) is 0 Å². The molecule has 0 spiro atoms. The fourth-order valence-corrected chi connectivity index (χ4v) is 2.55. The van der Waals surface area contributed by atoms with Gasteiger partial charge in [0.25, 0.3) is 0 Å². The Morgan fingerprint density at radius 3 is 2.65 bits per heavy atom. The van der Waals surface area contributed by atoms with Gasteiger partial charge in [0.2, 0.25) is 5.91 Å². The Hall–Kier alpha value is -2.37. The number of carbonyl (C=O) groups excluding carboxylic acids is 3. The van der Waals surface area contributed by atoms with Gasteiger partial charge in [-0.15, -0.1) is 0 Å². The van der Waals surface area contributed by atoms with Gasteiger partial charge < -0.3 is 14.4 Å². The number of aldehydes is 1. The van der Waals surface area contributed by atoms with Gasteiger partial charge in [0.15, 0.2) is 0 Å². The summed E-state index contributed by atoms with van der Waals surface area (Å²) in [6, 6.07) is 8.72. The summed E-state index contributed by atoms with van der Waals surface area (Å²) in [4.78, 5) is 38.4. The van der Waals surface area contributed by atoms with Crippen molar-refractivity contribution in [3.8, 4) is 0 Å². The molecule has 1 aliphatic rings. The molecule has 1 atom stereocenters. The number of benzene rings is 1. The van der Waals surface area contributed by atoms with Crippen LogP contribution in [-0.2, 0) is 20.9 Å². The first kappa shape index (κ1) is 17.0. The van der Waals surface area contributed by atoms with E-state index in [1.807, 2.05) is 37.3 Å². The lowest BCUT2D eigenvalue weighted by Gasteiger charge is -2.38.